The van der Waals surface area contributed by atoms with Crippen molar-refractivity contribution in [2.45, 2.75) is 39.0 Å². The second-order valence-corrected chi connectivity index (χ2v) is 7.81. The van der Waals surface area contributed by atoms with Gasteiger partial charge >= 0.3 is 0 Å². The van der Waals surface area contributed by atoms with E-state index in [1.807, 2.05) is 19.1 Å². The maximum absolute atomic E-state index is 6.50. The zero-order chi connectivity index (χ0) is 19.9. The summed E-state index contributed by atoms with van der Waals surface area (Å²) in [5, 5.41) is 5.01. The molecule has 1 fully saturated rings. The van der Waals surface area contributed by atoms with Crippen LogP contribution in [0.2, 0.25) is 15.1 Å². The summed E-state index contributed by atoms with van der Waals surface area (Å²) in [5.41, 5.74) is 1.74. The molecule has 0 bridgehead atoms. The van der Waals surface area contributed by atoms with E-state index in [0.29, 0.717) is 51.4 Å². The Balaban J connectivity index is 1.69. The molecule has 0 unspecified atom stereocenters. The largest absolute Gasteiger partial charge is 0.490 e. The minimum absolute atomic E-state index is 0.203. The minimum Gasteiger partial charge on any atom is -0.490 e. The highest BCUT2D eigenvalue weighted by atomic mass is 35.5. The number of hydrogen-bond donors (Lipinski definition) is 1. The maximum Gasteiger partial charge on any atom is 0.180 e. The average molecular weight is 445 g/mol. The van der Waals surface area contributed by atoms with Gasteiger partial charge in [-0.15, -0.1) is 0 Å². The zero-order valence-corrected chi connectivity index (χ0v) is 18.0. The van der Waals surface area contributed by atoms with Crippen LogP contribution in [0.3, 0.4) is 0 Å². The lowest BCUT2D eigenvalue weighted by atomic mass is 10.2. The molecule has 152 valence electrons. The Labute approximate surface area is 181 Å². The van der Waals surface area contributed by atoms with Crippen LogP contribution < -0.4 is 14.8 Å². The third-order valence-corrected chi connectivity index (χ3v) is 5.51. The van der Waals surface area contributed by atoms with Gasteiger partial charge in [-0.1, -0.05) is 40.9 Å². The smallest absolute Gasteiger partial charge is 0.180 e. The molecular weight excluding hydrogens is 421 g/mol. The van der Waals surface area contributed by atoms with Crippen LogP contribution in [-0.2, 0) is 17.9 Å². The summed E-state index contributed by atoms with van der Waals surface area (Å²) in [6.45, 7) is 4.99. The molecule has 0 spiro atoms. The molecule has 2 aromatic rings. The van der Waals surface area contributed by atoms with Gasteiger partial charge in [-0.25, -0.2) is 0 Å². The molecule has 1 saturated heterocycles. The van der Waals surface area contributed by atoms with Gasteiger partial charge in [-0.2, -0.15) is 0 Å². The predicted molar refractivity (Wildman–Crippen MR) is 114 cm³/mol. The Kier molecular flexibility index (Phi) is 8.12. The van der Waals surface area contributed by atoms with Crippen molar-refractivity contribution in [2.75, 3.05) is 19.8 Å². The van der Waals surface area contributed by atoms with Crippen LogP contribution in [0.5, 0.6) is 11.5 Å². The highest BCUT2D eigenvalue weighted by molar-refractivity contribution is 6.36. The SMILES string of the molecule is CCOc1cc(CNC[C@H]2CCCO2)cc(Cl)c1OCc1c(Cl)cccc1Cl. The molecule has 1 aliphatic heterocycles. The molecule has 0 radical (unpaired) electrons. The number of halogens is 3. The van der Waals surface area contributed by atoms with Gasteiger partial charge in [-0.05, 0) is 49.6 Å². The monoisotopic (exact) mass is 443 g/mol. The molecule has 0 saturated carbocycles. The lowest BCUT2D eigenvalue weighted by molar-refractivity contribution is 0.110. The van der Waals surface area contributed by atoms with Gasteiger partial charge in [-0.3, -0.25) is 0 Å². The van der Waals surface area contributed by atoms with E-state index >= 15 is 0 Å². The van der Waals surface area contributed by atoms with Crippen molar-refractivity contribution >= 4 is 34.8 Å². The van der Waals surface area contributed by atoms with Crippen molar-refractivity contribution in [1.29, 1.82) is 0 Å². The first kappa shape index (κ1) is 21.5. The summed E-state index contributed by atoms with van der Waals surface area (Å²) in [5.74, 6) is 1.09. The Morgan fingerprint density at radius 1 is 1.11 bits per heavy atom. The molecule has 2 aromatic carbocycles. The number of ether oxygens (including phenoxy) is 3. The summed E-state index contributed by atoms with van der Waals surface area (Å²) in [6.07, 6.45) is 2.54. The van der Waals surface area contributed by atoms with Crippen LogP contribution in [-0.4, -0.2) is 25.9 Å². The van der Waals surface area contributed by atoms with Crippen molar-refractivity contribution in [1.82, 2.24) is 5.32 Å². The zero-order valence-electron chi connectivity index (χ0n) is 15.8. The number of benzene rings is 2. The van der Waals surface area contributed by atoms with Gasteiger partial charge in [0.2, 0.25) is 0 Å². The van der Waals surface area contributed by atoms with E-state index in [1.54, 1.807) is 18.2 Å². The first-order valence-corrected chi connectivity index (χ1v) is 10.5. The molecule has 0 aromatic heterocycles. The summed E-state index contributed by atoms with van der Waals surface area (Å²) in [4.78, 5) is 0. The molecule has 1 heterocycles. The third kappa shape index (κ3) is 5.68. The second-order valence-electron chi connectivity index (χ2n) is 6.59. The molecule has 1 atom stereocenters. The fraction of sp³-hybridized carbons (Fsp3) is 0.429. The molecule has 1 N–H and O–H groups in total. The first-order valence-electron chi connectivity index (χ1n) is 9.41. The Bertz CT molecular complexity index is 774. The van der Waals surface area contributed by atoms with Crippen molar-refractivity contribution in [3.8, 4) is 11.5 Å². The highest BCUT2D eigenvalue weighted by Crippen LogP contribution is 2.38. The molecule has 1 aliphatic rings. The van der Waals surface area contributed by atoms with Crippen LogP contribution in [0.4, 0.5) is 0 Å². The van der Waals surface area contributed by atoms with Crippen molar-refractivity contribution in [3.05, 3.63) is 56.5 Å². The molecule has 28 heavy (non-hydrogen) atoms. The van der Waals surface area contributed by atoms with Crippen LogP contribution in [0.15, 0.2) is 30.3 Å². The van der Waals surface area contributed by atoms with Gasteiger partial charge in [0.25, 0.3) is 0 Å². The fourth-order valence-corrected chi connectivity index (χ4v) is 3.92. The fourth-order valence-electron chi connectivity index (χ4n) is 3.12. The van der Waals surface area contributed by atoms with E-state index in [0.717, 1.165) is 31.6 Å². The minimum atomic E-state index is 0.203. The summed E-state index contributed by atoms with van der Waals surface area (Å²) >= 11 is 18.9. The molecular formula is C21H24Cl3NO3. The third-order valence-electron chi connectivity index (χ3n) is 4.52. The van der Waals surface area contributed by atoms with Gasteiger partial charge in [0, 0.05) is 35.3 Å². The predicted octanol–water partition coefficient (Wildman–Crippen LogP) is 5.89. The number of nitrogens with one attached hydrogen (secondary N) is 1. The Morgan fingerprint density at radius 2 is 1.89 bits per heavy atom. The Morgan fingerprint density at radius 3 is 2.57 bits per heavy atom. The van der Waals surface area contributed by atoms with Crippen LogP contribution in [0.1, 0.15) is 30.9 Å². The van der Waals surface area contributed by atoms with Crippen molar-refractivity contribution < 1.29 is 14.2 Å². The molecule has 3 rings (SSSR count). The second kappa shape index (κ2) is 10.6. The summed E-state index contributed by atoms with van der Waals surface area (Å²) in [6, 6.07) is 9.18. The van der Waals surface area contributed by atoms with Crippen LogP contribution in [0.25, 0.3) is 0 Å². The molecule has 4 nitrogen and oxygen atoms in total. The average Bonchev–Trinajstić information content (AvgIpc) is 3.17. The number of hydrogen-bond acceptors (Lipinski definition) is 4. The van der Waals surface area contributed by atoms with E-state index in [4.69, 9.17) is 49.0 Å². The van der Waals surface area contributed by atoms with Crippen LogP contribution >= 0.6 is 34.8 Å². The topological polar surface area (TPSA) is 39.7 Å². The summed E-state index contributed by atoms with van der Waals surface area (Å²) in [7, 11) is 0. The number of rotatable bonds is 9. The summed E-state index contributed by atoms with van der Waals surface area (Å²) < 4.78 is 17.3. The maximum atomic E-state index is 6.50. The standard InChI is InChI=1S/C21H24Cl3NO3/c1-2-26-20-10-14(11-25-12-15-5-4-8-27-15)9-19(24)21(20)28-13-16-17(22)6-3-7-18(16)23/h3,6-7,9-10,15,25H,2,4-5,8,11-13H2,1H3/t15-/m1/s1. The van der Waals surface area contributed by atoms with E-state index < -0.39 is 0 Å². The van der Waals surface area contributed by atoms with Crippen molar-refractivity contribution in [3.63, 3.8) is 0 Å². The van der Waals surface area contributed by atoms with Gasteiger partial charge in [0.05, 0.1) is 17.7 Å². The van der Waals surface area contributed by atoms with Crippen LogP contribution in [0, 0.1) is 0 Å². The molecule has 0 aliphatic carbocycles. The highest BCUT2D eigenvalue weighted by Gasteiger charge is 2.17. The Hall–Kier alpha value is -1.17. The van der Waals surface area contributed by atoms with E-state index in [9.17, 15) is 0 Å². The lowest BCUT2D eigenvalue weighted by Gasteiger charge is -2.17. The molecule has 7 heteroatoms. The van der Waals surface area contributed by atoms with Gasteiger partial charge in [0.15, 0.2) is 11.5 Å². The first-order chi connectivity index (χ1) is 13.6. The van der Waals surface area contributed by atoms with Gasteiger partial charge in [0.1, 0.15) is 6.61 Å². The lowest BCUT2D eigenvalue weighted by Crippen LogP contribution is -2.25. The normalized spacial score (nSPS) is 16.4. The quantitative estimate of drug-likeness (QED) is 0.523. The van der Waals surface area contributed by atoms with Gasteiger partial charge < -0.3 is 19.5 Å². The molecule has 0 amide bonds. The van der Waals surface area contributed by atoms with E-state index in [1.165, 1.54) is 0 Å². The van der Waals surface area contributed by atoms with E-state index in [2.05, 4.69) is 5.32 Å². The van der Waals surface area contributed by atoms with Crippen molar-refractivity contribution in [2.24, 2.45) is 0 Å². The van der Waals surface area contributed by atoms with E-state index in [-0.39, 0.29) is 6.61 Å².